The van der Waals surface area contributed by atoms with Crippen molar-refractivity contribution in [2.24, 2.45) is 0 Å². The minimum Gasteiger partial charge on any atom is -0.367 e. The summed E-state index contributed by atoms with van der Waals surface area (Å²) in [6.07, 6.45) is 0. The summed E-state index contributed by atoms with van der Waals surface area (Å²) in [7, 11) is -3.70. The first kappa shape index (κ1) is 19.6. The van der Waals surface area contributed by atoms with Crippen LogP contribution >= 0.6 is 0 Å². The highest BCUT2D eigenvalue weighted by molar-refractivity contribution is 7.89. The molecule has 3 aromatic rings. The Morgan fingerprint density at radius 2 is 1.52 bits per heavy atom. The van der Waals surface area contributed by atoms with Gasteiger partial charge in [-0.25, -0.2) is 17.5 Å². The molecule has 0 aliphatic carbocycles. The van der Waals surface area contributed by atoms with Crippen molar-refractivity contribution < 1.29 is 12.8 Å². The number of para-hydroxylation sites is 2. The molecule has 1 fully saturated rings. The van der Waals surface area contributed by atoms with Gasteiger partial charge >= 0.3 is 0 Å². The molecule has 8 heteroatoms. The van der Waals surface area contributed by atoms with Crippen LogP contribution in [0.25, 0.3) is 5.69 Å². The zero-order valence-electron chi connectivity index (χ0n) is 16.4. The quantitative estimate of drug-likeness (QED) is 0.658. The molecule has 0 saturated carbocycles. The molecule has 4 rings (SSSR count). The SMILES string of the molecule is Cc1nn(-c2ccccc2)c(C)c1S(=O)(=O)N1CCN(c2ccccc2F)CC1. The van der Waals surface area contributed by atoms with E-state index in [-0.39, 0.29) is 10.7 Å². The van der Waals surface area contributed by atoms with Crippen LogP contribution in [0.3, 0.4) is 0 Å². The number of aromatic nitrogens is 2. The standard InChI is InChI=1S/C21H23FN4O2S/c1-16-21(17(2)26(23-16)18-8-4-3-5-9-18)29(27,28)25-14-12-24(13-15-25)20-11-7-6-10-19(20)22/h3-11H,12-15H2,1-2H3. The molecule has 0 N–H and O–H groups in total. The minimum atomic E-state index is -3.70. The first-order chi connectivity index (χ1) is 13.9. The maximum absolute atomic E-state index is 14.1. The summed E-state index contributed by atoms with van der Waals surface area (Å²) in [5.41, 5.74) is 2.39. The van der Waals surface area contributed by atoms with Crippen LogP contribution < -0.4 is 4.90 Å². The highest BCUT2D eigenvalue weighted by Gasteiger charge is 2.33. The van der Waals surface area contributed by atoms with Gasteiger partial charge in [-0.2, -0.15) is 9.40 Å². The van der Waals surface area contributed by atoms with E-state index >= 15 is 0 Å². The van der Waals surface area contributed by atoms with E-state index in [0.29, 0.717) is 43.3 Å². The maximum Gasteiger partial charge on any atom is 0.246 e. The average Bonchev–Trinajstić information content (AvgIpc) is 3.04. The van der Waals surface area contributed by atoms with Gasteiger partial charge in [0.25, 0.3) is 0 Å². The van der Waals surface area contributed by atoms with Gasteiger partial charge in [-0.3, -0.25) is 0 Å². The summed E-state index contributed by atoms with van der Waals surface area (Å²) in [6.45, 7) is 4.96. The fourth-order valence-corrected chi connectivity index (χ4v) is 5.61. The highest BCUT2D eigenvalue weighted by atomic mass is 32.2. The zero-order chi connectivity index (χ0) is 20.6. The Labute approximate surface area is 170 Å². The minimum absolute atomic E-state index is 0.251. The van der Waals surface area contributed by atoms with Crippen molar-refractivity contribution in [2.75, 3.05) is 31.1 Å². The number of halogens is 1. The number of sulfonamides is 1. The second-order valence-electron chi connectivity index (χ2n) is 7.09. The molecule has 0 atom stereocenters. The fourth-order valence-electron chi connectivity index (χ4n) is 3.83. The van der Waals surface area contributed by atoms with E-state index in [1.165, 1.54) is 10.4 Å². The third-order valence-electron chi connectivity index (χ3n) is 5.26. The number of hydrogen-bond acceptors (Lipinski definition) is 4. The Morgan fingerprint density at radius 3 is 2.17 bits per heavy atom. The third-order valence-corrected chi connectivity index (χ3v) is 7.41. The van der Waals surface area contributed by atoms with Crippen LogP contribution in [0.1, 0.15) is 11.4 Å². The van der Waals surface area contributed by atoms with Gasteiger partial charge in [0.2, 0.25) is 10.0 Å². The van der Waals surface area contributed by atoms with E-state index < -0.39 is 10.0 Å². The van der Waals surface area contributed by atoms with E-state index in [1.54, 1.807) is 36.7 Å². The van der Waals surface area contributed by atoms with Crippen molar-refractivity contribution in [3.63, 3.8) is 0 Å². The summed E-state index contributed by atoms with van der Waals surface area (Å²) >= 11 is 0. The lowest BCUT2D eigenvalue weighted by atomic mass is 10.2. The van der Waals surface area contributed by atoms with Gasteiger partial charge in [0, 0.05) is 26.2 Å². The molecule has 1 aliphatic heterocycles. The predicted molar refractivity (Wildman–Crippen MR) is 110 cm³/mol. The lowest BCUT2D eigenvalue weighted by molar-refractivity contribution is 0.382. The van der Waals surface area contributed by atoms with Gasteiger partial charge in [-0.1, -0.05) is 30.3 Å². The van der Waals surface area contributed by atoms with E-state index in [9.17, 15) is 12.8 Å². The van der Waals surface area contributed by atoms with E-state index in [0.717, 1.165) is 5.69 Å². The Hall–Kier alpha value is -2.71. The Balaban J connectivity index is 1.59. The number of piperazine rings is 1. The van der Waals surface area contributed by atoms with Crippen LogP contribution in [0.2, 0.25) is 0 Å². The molecular formula is C21H23FN4O2S. The molecule has 0 radical (unpaired) electrons. The van der Waals surface area contributed by atoms with Crippen molar-refractivity contribution in [1.29, 1.82) is 0 Å². The van der Waals surface area contributed by atoms with Crippen LogP contribution in [0, 0.1) is 19.7 Å². The second kappa shape index (κ2) is 7.61. The van der Waals surface area contributed by atoms with Crippen LogP contribution in [0.4, 0.5) is 10.1 Å². The number of rotatable bonds is 4. The van der Waals surface area contributed by atoms with Crippen molar-refractivity contribution in [3.05, 3.63) is 71.8 Å². The van der Waals surface area contributed by atoms with Crippen molar-refractivity contribution in [2.45, 2.75) is 18.7 Å². The van der Waals surface area contributed by atoms with Crippen LogP contribution in [0.5, 0.6) is 0 Å². The zero-order valence-corrected chi connectivity index (χ0v) is 17.2. The highest BCUT2D eigenvalue weighted by Crippen LogP contribution is 2.28. The number of aryl methyl sites for hydroxylation is 1. The smallest absolute Gasteiger partial charge is 0.246 e. The molecule has 0 amide bonds. The maximum atomic E-state index is 14.1. The molecular weight excluding hydrogens is 391 g/mol. The number of benzene rings is 2. The first-order valence-corrected chi connectivity index (χ1v) is 10.9. The largest absolute Gasteiger partial charge is 0.367 e. The van der Waals surface area contributed by atoms with Crippen molar-refractivity contribution in [1.82, 2.24) is 14.1 Å². The second-order valence-corrected chi connectivity index (χ2v) is 8.96. The summed E-state index contributed by atoms with van der Waals surface area (Å²) in [5.74, 6) is -0.292. The predicted octanol–water partition coefficient (Wildman–Crippen LogP) is 3.14. The topological polar surface area (TPSA) is 58.4 Å². The molecule has 0 bridgehead atoms. The van der Waals surface area contributed by atoms with Crippen LogP contribution in [-0.2, 0) is 10.0 Å². The normalized spacial score (nSPS) is 15.6. The molecule has 1 saturated heterocycles. The molecule has 6 nitrogen and oxygen atoms in total. The molecule has 1 aliphatic rings. The lowest BCUT2D eigenvalue weighted by Crippen LogP contribution is -2.49. The first-order valence-electron chi connectivity index (χ1n) is 9.51. The Kier molecular flexibility index (Phi) is 5.14. The molecule has 1 aromatic heterocycles. The molecule has 0 unspecified atom stereocenters. The van der Waals surface area contributed by atoms with Gasteiger partial charge in [0.15, 0.2) is 0 Å². The number of hydrogen-bond donors (Lipinski definition) is 0. The molecule has 0 spiro atoms. The molecule has 2 aromatic carbocycles. The van der Waals surface area contributed by atoms with Crippen LogP contribution in [-0.4, -0.2) is 48.7 Å². The summed E-state index contributed by atoms with van der Waals surface area (Å²) < 4.78 is 43.9. The number of nitrogens with zero attached hydrogens (tertiary/aromatic N) is 4. The van der Waals surface area contributed by atoms with Gasteiger partial charge < -0.3 is 4.90 Å². The molecule has 152 valence electrons. The van der Waals surface area contributed by atoms with Gasteiger partial charge in [-0.05, 0) is 38.1 Å². The van der Waals surface area contributed by atoms with Crippen molar-refractivity contribution >= 4 is 15.7 Å². The summed E-state index contributed by atoms with van der Waals surface area (Å²) in [4.78, 5) is 2.13. The molecule has 29 heavy (non-hydrogen) atoms. The average molecular weight is 415 g/mol. The van der Waals surface area contributed by atoms with Crippen molar-refractivity contribution in [3.8, 4) is 5.69 Å². The summed E-state index contributed by atoms with van der Waals surface area (Å²) in [6, 6.07) is 16.0. The van der Waals surface area contributed by atoms with Gasteiger partial charge in [0.05, 0.1) is 22.8 Å². The van der Waals surface area contributed by atoms with E-state index in [1.807, 2.05) is 35.2 Å². The van der Waals surface area contributed by atoms with Gasteiger partial charge in [0.1, 0.15) is 10.7 Å². The van der Waals surface area contributed by atoms with E-state index in [4.69, 9.17) is 0 Å². The molecule has 2 heterocycles. The third kappa shape index (κ3) is 3.54. The fraction of sp³-hybridized carbons (Fsp3) is 0.286. The Morgan fingerprint density at radius 1 is 0.897 bits per heavy atom. The summed E-state index contributed by atoms with van der Waals surface area (Å²) in [5, 5.41) is 4.47. The lowest BCUT2D eigenvalue weighted by Gasteiger charge is -2.35. The monoisotopic (exact) mass is 414 g/mol. The van der Waals surface area contributed by atoms with E-state index in [2.05, 4.69) is 5.10 Å². The Bertz CT molecular complexity index is 1120. The van der Waals surface area contributed by atoms with Gasteiger partial charge in [-0.15, -0.1) is 0 Å². The number of anilines is 1. The van der Waals surface area contributed by atoms with Crippen LogP contribution in [0.15, 0.2) is 59.5 Å².